The van der Waals surface area contributed by atoms with Crippen molar-refractivity contribution in [2.75, 3.05) is 11.9 Å². The second-order valence-corrected chi connectivity index (χ2v) is 5.18. The lowest BCUT2D eigenvalue weighted by Gasteiger charge is -2.08. The molecule has 2 aromatic carbocycles. The molecule has 0 saturated carbocycles. The SMILES string of the molecule is CC(=O)Nc1ccc(C(=O)NCC(=O)Oc2ccccc2C)cc1. The van der Waals surface area contributed by atoms with Gasteiger partial charge in [-0.25, -0.2) is 4.79 Å². The van der Waals surface area contributed by atoms with E-state index in [0.717, 1.165) is 5.56 Å². The zero-order valence-corrected chi connectivity index (χ0v) is 13.5. The number of esters is 1. The van der Waals surface area contributed by atoms with Crippen molar-refractivity contribution in [3.63, 3.8) is 0 Å². The first-order valence-electron chi connectivity index (χ1n) is 7.38. The molecule has 0 saturated heterocycles. The lowest BCUT2D eigenvalue weighted by Crippen LogP contribution is -2.32. The van der Waals surface area contributed by atoms with Crippen LogP contribution in [0.4, 0.5) is 5.69 Å². The maximum atomic E-state index is 12.0. The van der Waals surface area contributed by atoms with Crippen molar-refractivity contribution in [2.45, 2.75) is 13.8 Å². The highest BCUT2D eigenvalue weighted by Gasteiger charge is 2.10. The number of benzene rings is 2. The van der Waals surface area contributed by atoms with E-state index in [4.69, 9.17) is 4.74 Å². The summed E-state index contributed by atoms with van der Waals surface area (Å²) in [7, 11) is 0. The van der Waals surface area contributed by atoms with Crippen molar-refractivity contribution in [3.8, 4) is 5.75 Å². The molecule has 2 aromatic rings. The first-order chi connectivity index (χ1) is 11.5. The van der Waals surface area contributed by atoms with E-state index >= 15 is 0 Å². The average molecular weight is 326 g/mol. The third kappa shape index (κ3) is 4.95. The van der Waals surface area contributed by atoms with Gasteiger partial charge in [-0.15, -0.1) is 0 Å². The molecule has 6 heteroatoms. The summed E-state index contributed by atoms with van der Waals surface area (Å²) in [6, 6.07) is 13.5. The number of ether oxygens (including phenoxy) is 1. The van der Waals surface area contributed by atoms with Crippen molar-refractivity contribution >= 4 is 23.5 Å². The van der Waals surface area contributed by atoms with Crippen molar-refractivity contribution in [2.24, 2.45) is 0 Å². The zero-order chi connectivity index (χ0) is 17.5. The molecule has 2 N–H and O–H groups in total. The molecule has 0 aliphatic carbocycles. The normalized spacial score (nSPS) is 9.92. The number of hydrogen-bond acceptors (Lipinski definition) is 4. The predicted molar refractivity (Wildman–Crippen MR) is 89.9 cm³/mol. The highest BCUT2D eigenvalue weighted by atomic mass is 16.5. The summed E-state index contributed by atoms with van der Waals surface area (Å²) in [6.07, 6.45) is 0. The Morgan fingerprint density at radius 1 is 1.00 bits per heavy atom. The lowest BCUT2D eigenvalue weighted by molar-refractivity contribution is -0.133. The molecule has 2 rings (SSSR count). The molecule has 0 atom stereocenters. The standard InChI is InChI=1S/C18H18N2O4/c1-12-5-3-4-6-16(12)24-17(22)11-19-18(23)14-7-9-15(10-8-14)20-13(2)21/h3-10H,11H2,1-2H3,(H,19,23)(H,20,21). The van der Waals surface area contributed by atoms with Crippen LogP contribution >= 0.6 is 0 Å². The van der Waals surface area contributed by atoms with Gasteiger partial charge in [0, 0.05) is 18.2 Å². The Kier molecular flexibility index (Phi) is 5.68. The highest BCUT2D eigenvalue weighted by Crippen LogP contribution is 2.16. The molecule has 0 heterocycles. The summed E-state index contributed by atoms with van der Waals surface area (Å²) in [5.41, 5.74) is 1.82. The van der Waals surface area contributed by atoms with Crippen molar-refractivity contribution < 1.29 is 19.1 Å². The number of rotatable bonds is 5. The van der Waals surface area contributed by atoms with Gasteiger partial charge in [0.25, 0.3) is 5.91 Å². The van der Waals surface area contributed by atoms with Gasteiger partial charge in [-0.1, -0.05) is 18.2 Å². The molecule has 6 nitrogen and oxygen atoms in total. The first kappa shape index (κ1) is 17.2. The number of nitrogens with one attached hydrogen (secondary N) is 2. The number of para-hydroxylation sites is 1. The quantitative estimate of drug-likeness (QED) is 0.652. The van der Waals surface area contributed by atoms with Crippen molar-refractivity contribution in [1.82, 2.24) is 5.32 Å². The molecule has 24 heavy (non-hydrogen) atoms. The summed E-state index contributed by atoms with van der Waals surface area (Å²) < 4.78 is 5.19. The van der Waals surface area contributed by atoms with Crippen LogP contribution in [-0.2, 0) is 9.59 Å². The van der Waals surface area contributed by atoms with E-state index in [2.05, 4.69) is 10.6 Å². The van der Waals surface area contributed by atoms with E-state index in [0.29, 0.717) is 17.0 Å². The Bertz CT molecular complexity index is 754. The van der Waals surface area contributed by atoms with Gasteiger partial charge in [0.15, 0.2) is 0 Å². The van der Waals surface area contributed by atoms with E-state index in [1.807, 2.05) is 19.1 Å². The number of amides is 2. The topological polar surface area (TPSA) is 84.5 Å². The van der Waals surface area contributed by atoms with E-state index < -0.39 is 11.9 Å². The summed E-state index contributed by atoms with van der Waals surface area (Å²) in [4.78, 5) is 34.7. The fourth-order valence-corrected chi connectivity index (χ4v) is 1.99. The van der Waals surface area contributed by atoms with Crippen LogP contribution in [0, 0.1) is 6.92 Å². The molecule has 0 bridgehead atoms. The first-order valence-corrected chi connectivity index (χ1v) is 7.38. The fraction of sp³-hybridized carbons (Fsp3) is 0.167. The Balaban J connectivity index is 1.87. The monoisotopic (exact) mass is 326 g/mol. The van der Waals surface area contributed by atoms with Crippen LogP contribution in [-0.4, -0.2) is 24.3 Å². The van der Waals surface area contributed by atoms with E-state index in [1.165, 1.54) is 6.92 Å². The molecule has 2 amide bonds. The largest absolute Gasteiger partial charge is 0.425 e. The van der Waals surface area contributed by atoms with Crippen molar-refractivity contribution in [3.05, 3.63) is 59.7 Å². The smallest absolute Gasteiger partial charge is 0.330 e. The lowest BCUT2D eigenvalue weighted by atomic mass is 10.2. The van der Waals surface area contributed by atoms with Gasteiger partial charge in [0.1, 0.15) is 12.3 Å². The summed E-state index contributed by atoms with van der Waals surface area (Å²) in [5.74, 6) is -0.666. The Hall–Kier alpha value is -3.15. The molecule has 0 fully saturated rings. The Morgan fingerprint density at radius 2 is 1.67 bits per heavy atom. The minimum Gasteiger partial charge on any atom is -0.425 e. The maximum absolute atomic E-state index is 12.0. The highest BCUT2D eigenvalue weighted by molar-refractivity contribution is 5.97. The van der Waals surface area contributed by atoms with Gasteiger partial charge in [0.05, 0.1) is 0 Å². The second-order valence-electron chi connectivity index (χ2n) is 5.18. The Labute approximate surface area is 139 Å². The molecule has 0 aliphatic heterocycles. The molecular formula is C18H18N2O4. The van der Waals surface area contributed by atoms with Gasteiger partial charge in [-0.2, -0.15) is 0 Å². The van der Waals surface area contributed by atoms with Crippen LogP contribution in [0.15, 0.2) is 48.5 Å². The maximum Gasteiger partial charge on any atom is 0.330 e. The summed E-state index contributed by atoms with van der Waals surface area (Å²) in [6.45, 7) is 3.00. The third-order valence-corrected chi connectivity index (χ3v) is 3.18. The minimum atomic E-state index is -0.549. The van der Waals surface area contributed by atoms with Crippen molar-refractivity contribution in [1.29, 1.82) is 0 Å². The number of carbonyl (C=O) groups is 3. The number of aryl methyl sites for hydroxylation is 1. The van der Waals surface area contributed by atoms with Crippen LogP contribution in [0.25, 0.3) is 0 Å². The molecule has 124 valence electrons. The van der Waals surface area contributed by atoms with Gasteiger partial charge in [0.2, 0.25) is 5.91 Å². The molecular weight excluding hydrogens is 308 g/mol. The molecule has 0 unspecified atom stereocenters. The van der Waals surface area contributed by atoms with E-state index in [-0.39, 0.29) is 12.5 Å². The van der Waals surface area contributed by atoms with E-state index in [9.17, 15) is 14.4 Å². The van der Waals surface area contributed by atoms with Crippen LogP contribution in [0.2, 0.25) is 0 Å². The molecule has 0 spiro atoms. The predicted octanol–water partition coefficient (Wildman–Crippen LogP) is 2.29. The molecule has 0 aromatic heterocycles. The molecule has 0 aliphatic rings. The number of anilines is 1. The third-order valence-electron chi connectivity index (χ3n) is 3.18. The number of hydrogen-bond donors (Lipinski definition) is 2. The van der Waals surface area contributed by atoms with Crippen LogP contribution < -0.4 is 15.4 Å². The minimum absolute atomic E-state index is 0.189. The van der Waals surface area contributed by atoms with Gasteiger partial charge in [-0.05, 0) is 42.8 Å². The fourth-order valence-electron chi connectivity index (χ4n) is 1.99. The summed E-state index contributed by atoms with van der Waals surface area (Å²) >= 11 is 0. The van der Waals surface area contributed by atoms with Crippen LogP contribution in [0.5, 0.6) is 5.75 Å². The van der Waals surface area contributed by atoms with Gasteiger partial charge in [-0.3, -0.25) is 9.59 Å². The zero-order valence-electron chi connectivity index (χ0n) is 13.5. The van der Waals surface area contributed by atoms with Crippen LogP contribution in [0.3, 0.4) is 0 Å². The second kappa shape index (κ2) is 7.92. The van der Waals surface area contributed by atoms with Gasteiger partial charge < -0.3 is 15.4 Å². The van der Waals surface area contributed by atoms with E-state index in [1.54, 1.807) is 36.4 Å². The van der Waals surface area contributed by atoms with Crippen LogP contribution in [0.1, 0.15) is 22.8 Å². The Morgan fingerprint density at radius 3 is 2.29 bits per heavy atom. The number of carbonyl (C=O) groups excluding carboxylic acids is 3. The average Bonchev–Trinajstić information content (AvgIpc) is 2.55. The van der Waals surface area contributed by atoms with Gasteiger partial charge >= 0.3 is 5.97 Å². The summed E-state index contributed by atoms with van der Waals surface area (Å²) in [5, 5.41) is 5.11. The molecule has 0 radical (unpaired) electrons.